The Bertz CT molecular complexity index is 543. The van der Waals surface area contributed by atoms with E-state index in [-0.39, 0.29) is 5.82 Å². The Balaban J connectivity index is 1.98. The number of hydrogen-bond acceptors (Lipinski definition) is 3. The van der Waals surface area contributed by atoms with Crippen LogP contribution >= 0.6 is 0 Å². The number of nitrogens with zero attached hydrogens (tertiary/aromatic N) is 2. The first-order valence-corrected chi connectivity index (χ1v) is 8.23. The number of benzene rings is 1. The van der Waals surface area contributed by atoms with Crippen LogP contribution in [-0.2, 0) is 4.84 Å². The van der Waals surface area contributed by atoms with Crippen LogP contribution < -0.4 is 0 Å². The summed E-state index contributed by atoms with van der Waals surface area (Å²) in [7, 11) is 3.85. The van der Waals surface area contributed by atoms with E-state index in [9.17, 15) is 4.39 Å². The fraction of sp³-hybridized carbons (Fsp3) is 0.611. The molecule has 4 atom stereocenters. The largest absolute Gasteiger partial charge is 0.399 e. The number of oxime groups is 1. The van der Waals surface area contributed by atoms with Crippen molar-refractivity contribution in [1.29, 1.82) is 0 Å². The molecule has 2 bridgehead atoms. The van der Waals surface area contributed by atoms with Gasteiger partial charge in [0.2, 0.25) is 0 Å². The molecule has 3 nitrogen and oxygen atoms in total. The lowest BCUT2D eigenvalue weighted by Gasteiger charge is -2.43. The summed E-state index contributed by atoms with van der Waals surface area (Å²) in [6.45, 7) is 2.14. The molecule has 2 saturated heterocycles. The molecular weight excluding hydrogens is 279 g/mol. The zero-order valence-electron chi connectivity index (χ0n) is 13.6. The number of rotatable bonds is 4. The first-order valence-electron chi connectivity index (χ1n) is 8.23. The summed E-state index contributed by atoms with van der Waals surface area (Å²) in [4.78, 5) is 7.62. The van der Waals surface area contributed by atoms with Gasteiger partial charge in [0.1, 0.15) is 12.9 Å². The summed E-state index contributed by atoms with van der Waals surface area (Å²) >= 11 is 0. The summed E-state index contributed by atoms with van der Waals surface area (Å²) in [5, 5.41) is 4.33. The van der Waals surface area contributed by atoms with Crippen LogP contribution in [0.3, 0.4) is 0 Å². The quantitative estimate of drug-likeness (QED) is 0.624. The van der Waals surface area contributed by atoms with Gasteiger partial charge in [0.05, 0.1) is 5.71 Å². The van der Waals surface area contributed by atoms with Crippen LogP contribution in [0.5, 0.6) is 0 Å². The fourth-order valence-corrected chi connectivity index (χ4v) is 4.45. The van der Waals surface area contributed by atoms with Gasteiger partial charge in [-0.15, -0.1) is 0 Å². The molecule has 2 heterocycles. The zero-order chi connectivity index (χ0) is 15.7. The SMILES string of the molecule is CCC(=NOC)[C@H]1[C@H](c2ccc(F)cc2)CC2CC[C@@H]1N2C. The predicted molar refractivity (Wildman–Crippen MR) is 86.6 cm³/mol. The minimum absolute atomic E-state index is 0.169. The molecule has 0 aromatic heterocycles. The van der Waals surface area contributed by atoms with Crippen LogP contribution in [0.4, 0.5) is 4.39 Å². The minimum atomic E-state index is -0.169. The smallest absolute Gasteiger partial charge is 0.123 e. The van der Waals surface area contributed by atoms with Crippen molar-refractivity contribution in [2.75, 3.05) is 14.2 Å². The molecule has 3 rings (SSSR count). The Morgan fingerprint density at radius 1 is 1.32 bits per heavy atom. The van der Waals surface area contributed by atoms with Crippen molar-refractivity contribution >= 4 is 5.71 Å². The van der Waals surface area contributed by atoms with Crippen LogP contribution in [0, 0.1) is 11.7 Å². The van der Waals surface area contributed by atoms with Crippen molar-refractivity contribution < 1.29 is 9.23 Å². The van der Waals surface area contributed by atoms with E-state index in [1.165, 1.54) is 18.4 Å². The van der Waals surface area contributed by atoms with E-state index >= 15 is 0 Å². The lowest BCUT2D eigenvalue weighted by molar-refractivity contribution is 0.127. The lowest BCUT2D eigenvalue weighted by Crippen LogP contribution is -2.48. The third kappa shape index (κ3) is 2.65. The molecule has 0 saturated carbocycles. The molecule has 2 aliphatic rings. The summed E-state index contributed by atoms with van der Waals surface area (Å²) in [5.41, 5.74) is 2.36. The molecule has 2 aliphatic heterocycles. The van der Waals surface area contributed by atoms with Crippen molar-refractivity contribution in [2.45, 2.75) is 50.6 Å². The van der Waals surface area contributed by atoms with Crippen LogP contribution in [-0.4, -0.2) is 36.9 Å². The van der Waals surface area contributed by atoms with Gasteiger partial charge in [-0.05, 0) is 56.3 Å². The first kappa shape index (κ1) is 15.5. The van der Waals surface area contributed by atoms with Crippen molar-refractivity contribution in [2.24, 2.45) is 11.1 Å². The average molecular weight is 304 g/mol. The van der Waals surface area contributed by atoms with Gasteiger partial charge in [-0.2, -0.15) is 0 Å². The van der Waals surface area contributed by atoms with E-state index in [2.05, 4.69) is 24.0 Å². The number of halogens is 1. The van der Waals surface area contributed by atoms with Crippen molar-refractivity contribution in [3.8, 4) is 0 Å². The van der Waals surface area contributed by atoms with E-state index in [0.717, 1.165) is 18.6 Å². The maximum atomic E-state index is 13.3. The van der Waals surface area contributed by atoms with Crippen LogP contribution in [0.15, 0.2) is 29.4 Å². The van der Waals surface area contributed by atoms with E-state index in [4.69, 9.17) is 4.84 Å². The molecule has 22 heavy (non-hydrogen) atoms. The monoisotopic (exact) mass is 304 g/mol. The van der Waals surface area contributed by atoms with Crippen molar-refractivity contribution in [3.63, 3.8) is 0 Å². The molecule has 1 unspecified atom stereocenters. The van der Waals surface area contributed by atoms with E-state index in [1.54, 1.807) is 19.2 Å². The first-order chi connectivity index (χ1) is 10.7. The maximum Gasteiger partial charge on any atom is 0.123 e. The Labute approximate surface area is 132 Å². The Hall–Kier alpha value is -1.42. The molecule has 2 fully saturated rings. The van der Waals surface area contributed by atoms with E-state index < -0.39 is 0 Å². The number of piperidine rings is 1. The number of hydrogen-bond donors (Lipinski definition) is 0. The van der Waals surface area contributed by atoms with Crippen molar-refractivity contribution in [3.05, 3.63) is 35.6 Å². The van der Waals surface area contributed by atoms with Crippen LogP contribution in [0.2, 0.25) is 0 Å². The molecule has 0 N–H and O–H groups in total. The summed E-state index contributed by atoms with van der Waals surface area (Å²) in [6.07, 6.45) is 4.48. The Morgan fingerprint density at radius 3 is 2.68 bits per heavy atom. The van der Waals surface area contributed by atoms with Gasteiger partial charge in [-0.1, -0.05) is 24.2 Å². The van der Waals surface area contributed by atoms with Crippen molar-refractivity contribution in [1.82, 2.24) is 4.90 Å². The third-order valence-corrected chi connectivity index (χ3v) is 5.52. The second-order valence-electron chi connectivity index (χ2n) is 6.50. The normalized spacial score (nSPS) is 32.3. The highest BCUT2D eigenvalue weighted by molar-refractivity contribution is 5.88. The highest BCUT2D eigenvalue weighted by Crippen LogP contribution is 2.47. The second kappa shape index (κ2) is 6.37. The van der Waals surface area contributed by atoms with Gasteiger partial charge in [0.25, 0.3) is 0 Å². The predicted octanol–water partition coefficient (Wildman–Crippen LogP) is 3.80. The summed E-state index contributed by atoms with van der Waals surface area (Å²) in [5.74, 6) is 0.597. The minimum Gasteiger partial charge on any atom is -0.399 e. The highest BCUT2D eigenvalue weighted by Gasteiger charge is 2.47. The topological polar surface area (TPSA) is 24.8 Å². The standard InChI is InChI=1S/C18H25FN2O/c1-4-16(20-22-3)18-15(12-5-7-13(19)8-6-12)11-14-9-10-17(18)21(14)2/h5-8,14-15,17-18H,4,9-11H2,1-3H3/t14?,15-,17-,18+/m0/s1. The number of fused-ring (bicyclic) bond motifs is 2. The van der Waals surface area contributed by atoms with Gasteiger partial charge in [0, 0.05) is 18.0 Å². The lowest BCUT2D eigenvalue weighted by atomic mass is 9.73. The average Bonchev–Trinajstić information content (AvgIpc) is 2.76. The van der Waals surface area contributed by atoms with E-state index in [0.29, 0.717) is 23.9 Å². The summed E-state index contributed by atoms with van der Waals surface area (Å²) < 4.78 is 13.3. The van der Waals surface area contributed by atoms with Gasteiger partial charge in [0.15, 0.2) is 0 Å². The van der Waals surface area contributed by atoms with Crippen LogP contribution in [0.25, 0.3) is 0 Å². The highest BCUT2D eigenvalue weighted by atomic mass is 19.1. The second-order valence-corrected chi connectivity index (χ2v) is 6.50. The van der Waals surface area contributed by atoms with Gasteiger partial charge >= 0.3 is 0 Å². The van der Waals surface area contributed by atoms with Gasteiger partial charge < -0.3 is 4.84 Å². The molecule has 120 valence electrons. The molecular formula is C18H25FN2O. The van der Waals surface area contributed by atoms with Crippen LogP contribution in [0.1, 0.15) is 44.1 Å². The molecule has 0 amide bonds. The Kier molecular flexibility index (Phi) is 4.48. The summed E-state index contributed by atoms with van der Waals surface area (Å²) in [6, 6.07) is 8.19. The molecule has 0 spiro atoms. The zero-order valence-corrected chi connectivity index (χ0v) is 13.6. The Morgan fingerprint density at radius 2 is 2.05 bits per heavy atom. The molecule has 4 heteroatoms. The molecule has 1 aromatic carbocycles. The fourth-order valence-electron chi connectivity index (χ4n) is 4.45. The van der Waals surface area contributed by atoms with Gasteiger partial charge in [-0.25, -0.2) is 4.39 Å². The molecule has 0 radical (unpaired) electrons. The maximum absolute atomic E-state index is 13.3. The van der Waals surface area contributed by atoms with Gasteiger partial charge in [-0.3, -0.25) is 4.90 Å². The molecule has 0 aliphatic carbocycles. The third-order valence-electron chi connectivity index (χ3n) is 5.52. The van der Waals surface area contributed by atoms with E-state index in [1.807, 2.05) is 12.1 Å². The molecule has 1 aromatic rings.